The third kappa shape index (κ3) is 4.56. The molecule has 1 spiro atoms. The Balaban J connectivity index is 1.08. The lowest BCUT2D eigenvalue weighted by Crippen LogP contribution is -2.59. The Morgan fingerprint density at radius 3 is 1.71 bits per heavy atom. The highest BCUT2D eigenvalue weighted by molar-refractivity contribution is 6.99. The van der Waals surface area contributed by atoms with E-state index < -0.39 is 5.41 Å². The van der Waals surface area contributed by atoms with Gasteiger partial charge < -0.3 is 13.9 Å². The van der Waals surface area contributed by atoms with Crippen LogP contribution in [0.15, 0.2) is 206 Å². The van der Waals surface area contributed by atoms with Crippen molar-refractivity contribution >= 4 is 66.7 Å². The molecule has 4 heteroatoms. The number of aromatic nitrogens is 2. The second-order valence-electron chi connectivity index (χ2n) is 20.7. The number of benzene rings is 10. The summed E-state index contributed by atoms with van der Waals surface area (Å²) < 4.78 is 13.0. The Labute approximate surface area is 400 Å². The molecule has 16 rings (SSSR count). The monoisotopic (exact) mass is 878 g/mol. The van der Waals surface area contributed by atoms with Crippen LogP contribution < -0.4 is 21.1 Å². The fraction of sp³-hybridized carbons (Fsp3) is 0.0769. The van der Waals surface area contributed by atoms with E-state index in [0.29, 0.717) is 0 Å². The Kier molecular flexibility index (Phi) is 7.11. The highest BCUT2D eigenvalue weighted by atomic mass is 16.5. The Hall–Kier alpha value is -8.34. The molecule has 0 saturated heterocycles. The fourth-order valence-electron chi connectivity index (χ4n) is 13.6. The predicted molar refractivity (Wildman–Crippen MR) is 287 cm³/mol. The number of hydrogen-bond donors (Lipinski definition) is 0. The third-order valence-electron chi connectivity index (χ3n) is 16.3. The molecule has 0 saturated carbocycles. The first-order valence-electron chi connectivity index (χ1n) is 24.4. The number of hydrogen-bond acceptors (Lipinski definition) is 1. The summed E-state index contributed by atoms with van der Waals surface area (Å²) in [6, 6.07) is 77.5. The van der Waals surface area contributed by atoms with E-state index in [1.807, 2.05) is 0 Å². The van der Waals surface area contributed by atoms with E-state index in [4.69, 9.17) is 4.74 Å². The van der Waals surface area contributed by atoms with Crippen LogP contribution in [0.1, 0.15) is 48.6 Å². The van der Waals surface area contributed by atoms with E-state index in [2.05, 4.69) is 236 Å². The molecule has 2 aliphatic heterocycles. The van der Waals surface area contributed by atoms with E-state index in [0.717, 1.165) is 11.5 Å². The van der Waals surface area contributed by atoms with Crippen LogP contribution in [-0.4, -0.2) is 15.8 Å². The molecule has 322 valence electrons. The summed E-state index contributed by atoms with van der Waals surface area (Å²) >= 11 is 0. The maximum absolute atomic E-state index is 7.81. The average molecular weight is 879 g/mol. The second-order valence-corrected chi connectivity index (χ2v) is 20.7. The first-order valence-corrected chi connectivity index (χ1v) is 24.4. The lowest BCUT2D eigenvalue weighted by molar-refractivity contribution is 0.472. The van der Waals surface area contributed by atoms with Crippen molar-refractivity contribution in [3.05, 3.63) is 234 Å². The zero-order valence-electron chi connectivity index (χ0n) is 38.5. The minimum atomic E-state index is -0.561. The van der Waals surface area contributed by atoms with Gasteiger partial charge in [-0.15, -0.1) is 0 Å². The Bertz CT molecular complexity index is 4210. The van der Waals surface area contributed by atoms with Crippen molar-refractivity contribution in [2.45, 2.75) is 31.6 Å². The molecule has 0 fully saturated rings. The van der Waals surface area contributed by atoms with Gasteiger partial charge in [0.15, 0.2) is 0 Å². The molecule has 3 nitrogen and oxygen atoms in total. The molecule has 2 aliphatic carbocycles. The van der Waals surface area contributed by atoms with Gasteiger partial charge in [0.1, 0.15) is 11.5 Å². The first kappa shape index (κ1) is 37.7. The fourth-order valence-corrected chi connectivity index (χ4v) is 13.6. The highest BCUT2D eigenvalue weighted by Gasteiger charge is 2.55. The summed E-state index contributed by atoms with van der Waals surface area (Å²) in [5.74, 6) is 1.94. The van der Waals surface area contributed by atoms with Gasteiger partial charge >= 0.3 is 0 Å². The molecule has 0 N–H and O–H groups in total. The van der Waals surface area contributed by atoms with Crippen molar-refractivity contribution in [3.8, 4) is 56.3 Å². The van der Waals surface area contributed by atoms with E-state index in [9.17, 15) is 0 Å². The van der Waals surface area contributed by atoms with Gasteiger partial charge in [0.25, 0.3) is 6.71 Å². The molecule has 0 atom stereocenters. The van der Waals surface area contributed by atoms with E-state index in [-0.39, 0.29) is 12.1 Å². The molecular weight excluding hydrogens is 836 g/mol. The molecule has 4 aliphatic rings. The minimum Gasteiger partial charge on any atom is -0.458 e. The average Bonchev–Trinajstić information content (AvgIpc) is 4.10. The van der Waals surface area contributed by atoms with Crippen LogP contribution in [0.4, 0.5) is 0 Å². The molecule has 0 amide bonds. The maximum Gasteiger partial charge on any atom is 0.256 e. The van der Waals surface area contributed by atoms with Gasteiger partial charge in [0.05, 0.1) is 33.2 Å². The van der Waals surface area contributed by atoms with Crippen molar-refractivity contribution in [1.29, 1.82) is 0 Å². The standard InChI is InChI=1S/C65H43BN2O/c1-64(2,3)39-35-56-60-57(36-39)69-63-51(34-33-45-43-24-9-15-29-50(43)65(59(45)63)48-27-13-7-22-41(48)42-23-8-14-28-49(42)65)66(60)52-37-47-44-25-11-17-31-54(44)67(53-30-16-10-21-40(53)38-19-5-4-6-20-38)61(47)58-46-26-12-18-32-55(46)68(56)62(52)58/h4-37H,1-3H3. The van der Waals surface area contributed by atoms with Gasteiger partial charge in [-0.25, -0.2) is 0 Å². The number of rotatable bonds is 2. The molecule has 0 radical (unpaired) electrons. The SMILES string of the molecule is CC(C)(C)c1cc2c3c(c1)-n1c4ccccc4c4c1c(cc1c5ccccc5n(-c5ccccc5-c5ccccc5)c14)B3c1ccc3c(c1O2)C1(c2ccccc2-c2ccccc21)c1ccccc1-3. The van der Waals surface area contributed by atoms with Gasteiger partial charge in [0.2, 0.25) is 0 Å². The predicted octanol–water partition coefficient (Wildman–Crippen LogP) is 14.1. The van der Waals surface area contributed by atoms with Crippen LogP contribution in [0.25, 0.3) is 88.4 Å². The van der Waals surface area contributed by atoms with Gasteiger partial charge in [-0.1, -0.05) is 197 Å². The zero-order valence-corrected chi connectivity index (χ0v) is 38.5. The van der Waals surface area contributed by atoms with E-state index in [1.54, 1.807) is 0 Å². The Morgan fingerprint density at radius 2 is 1.01 bits per heavy atom. The van der Waals surface area contributed by atoms with Gasteiger partial charge in [-0.3, -0.25) is 0 Å². The van der Waals surface area contributed by atoms with Gasteiger partial charge in [-0.2, -0.15) is 0 Å². The number of ether oxygens (including phenoxy) is 1. The minimum absolute atomic E-state index is 0.104. The van der Waals surface area contributed by atoms with Crippen LogP contribution in [-0.2, 0) is 10.8 Å². The lowest BCUT2D eigenvalue weighted by atomic mass is 9.34. The zero-order chi connectivity index (χ0) is 45.5. The molecular formula is C65H43BN2O. The normalized spacial score (nSPS) is 14.2. The van der Waals surface area contributed by atoms with Crippen molar-refractivity contribution in [1.82, 2.24) is 9.13 Å². The highest BCUT2D eigenvalue weighted by Crippen LogP contribution is 2.65. The van der Waals surface area contributed by atoms with Gasteiger partial charge in [-0.05, 0) is 102 Å². The van der Waals surface area contributed by atoms with Gasteiger partial charge in [0, 0.05) is 38.4 Å². The van der Waals surface area contributed by atoms with E-state index >= 15 is 0 Å². The maximum atomic E-state index is 7.81. The number of nitrogens with zero attached hydrogens (tertiary/aromatic N) is 2. The van der Waals surface area contributed by atoms with Crippen molar-refractivity contribution in [2.75, 3.05) is 0 Å². The molecule has 69 heavy (non-hydrogen) atoms. The molecule has 10 aromatic carbocycles. The quantitative estimate of drug-likeness (QED) is 0.158. The van der Waals surface area contributed by atoms with Crippen LogP contribution in [0.2, 0.25) is 0 Å². The van der Waals surface area contributed by atoms with Crippen LogP contribution in [0, 0.1) is 0 Å². The van der Waals surface area contributed by atoms with Crippen LogP contribution >= 0.6 is 0 Å². The molecule has 0 unspecified atom stereocenters. The summed E-state index contributed by atoms with van der Waals surface area (Å²) in [4.78, 5) is 0. The number of para-hydroxylation sites is 3. The van der Waals surface area contributed by atoms with E-state index in [1.165, 1.54) is 133 Å². The van der Waals surface area contributed by atoms with Crippen molar-refractivity contribution in [2.24, 2.45) is 0 Å². The van der Waals surface area contributed by atoms with Crippen LogP contribution in [0.3, 0.4) is 0 Å². The largest absolute Gasteiger partial charge is 0.458 e. The molecule has 12 aromatic rings. The number of fused-ring (bicyclic) bond motifs is 22. The smallest absolute Gasteiger partial charge is 0.256 e. The molecule has 0 bridgehead atoms. The summed E-state index contributed by atoms with van der Waals surface area (Å²) in [6.07, 6.45) is 0. The Morgan fingerprint density at radius 1 is 0.449 bits per heavy atom. The van der Waals surface area contributed by atoms with Crippen LogP contribution in [0.5, 0.6) is 11.5 Å². The summed E-state index contributed by atoms with van der Waals surface area (Å²) in [5.41, 5.74) is 24.3. The lowest BCUT2D eigenvalue weighted by Gasteiger charge is -2.38. The first-order chi connectivity index (χ1) is 33.9. The molecule has 2 aromatic heterocycles. The summed E-state index contributed by atoms with van der Waals surface area (Å²) in [7, 11) is 0. The topological polar surface area (TPSA) is 19.1 Å². The third-order valence-corrected chi connectivity index (χ3v) is 16.3. The van der Waals surface area contributed by atoms with Crippen molar-refractivity contribution in [3.63, 3.8) is 0 Å². The summed E-state index contributed by atoms with van der Waals surface area (Å²) in [6.45, 7) is 6.89. The molecule has 4 heterocycles. The van der Waals surface area contributed by atoms with Crippen molar-refractivity contribution < 1.29 is 4.74 Å². The summed E-state index contributed by atoms with van der Waals surface area (Å²) in [5, 5.41) is 5.03. The second kappa shape index (κ2) is 13.0.